The van der Waals surface area contributed by atoms with Crippen molar-refractivity contribution in [3.63, 3.8) is 0 Å². The fraction of sp³-hybridized carbons (Fsp3) is 0.154. The molecule has 2 rings (SSSR count). The predicted molar refractivity (Wildman–Crippen MR) is 69.1 cm³/mol. The number of hydrogen-bond acceptors (Lipinski definition) is 2. The fourth-order valence-electron chi connectivity index (χ4n) is 1.63. The fourth-order valence-corrected chi connectivity index (χ4v) is 1.87. The number of hydrogen-bond donors (Lipinski definition) is 1. The smallest absolute Gasteiger partial charge is 0.107 e. The van der Waals surface area contributed by atoms with E-state index in [1.165, 1.54) is 0 Å². The molecule has 1 N–H and O–H groups in total. The molecule has 1 aromatic heterocycles. The average molecular weight is 251 g/mol. The van der Waals surface area contributed by atoms with Gasteiger partial charge in [0.1, 0.15) is 6.67 Å². The van der Waals surface area contributed by atoms with Gasteiger partial charge in [-0.2, -0.15) is 0 Å². The highest BCUT2D eigenvalue weighted by Crippen LogP contribution is 2.32. The van der Waals surface area contributed by atoms with E-state index in [2.05, 4.69) is 10.3 Å². The van der Waals surface area contributed by atoms with Crippen LogP contribution in [0.15, 0.2) is 42.7 Å². The number of aromatic nitrogens is 1. The minimum Gasteiger partial charge on any atom is -0.381 e. The van der Waals surface area contributed by atoms with Crippen LogP contribution in [0.4, 0.5) is 10.1 Å². The minimum absolute atomic E-state index is 0.267. The number of nitrogens with one attached hydrogen (secondary N) is 1. The van der Waals surface area contributed by atoms with Crippen LogP contribution in [0.2, 0.25) is 5.02 Å². The molecule has 0 atom stereocenters. The molecule has 0 bridgehead atoms. The lowest BCUT2D eigenvalue weighted by atomic mass is 10.1. The molecule has 1 aromatic carbocycles. The van der Waals surface area contributed by atoms with E-state index in [1.807, 2.05) is 30.3 Å². The first kappa shape index (κ1) is 11.9. The van der Waals surface area contributed by atoms with Gasteiger partial charge < -0.3 is 5.32 Å². The Labute approximate surface area is 104 Å². The van der Waals surface area contributed by atoms with Gasteiger partial charge in [0, 0.05) is 28.9 Å². The zero-order valence-electron chi connectivity index (χ0n) is 9.16. The summed E-state index contributed by atoms with van der Waals surface area (Å²) in [5.74, 6) is 0. The summed E-state index contributed by atoms with van der Waals surface area (Å²) < 4.78 is 12.2. The first-order valence-corrected chi connectivity index (χ1v) is 5.69. The third kappa shape index (κ3) is 2.74. The van der Waals surface area contributed by atoms with E-state index in [1.54, 1.807) is 12.4 Å². The summed E-state index contributed by atoms with van der Waals surface area (Å²) in [5, 5.41) is 3.66. The zero-order chi connectivity index (χ0) is 12.1. The molecular formula is C13H12ClFN2. The Balaban J connectivity index is 2.41. The number of nitrogens with zero attached hydrogens (tertiary/aromatic N) is 1. The van der Waals surface area contributed by atoms with Crippen LogP contribution in [0.25, 0.3) is 11.1 Å². The van der Waals surface area contributed by atoms with Gasteiger partial charge in [-0.15, -0.1) is 0 Å². The molecule has 0 aliphatic rings. The standard InChI is InChI=1S/C13H12ClFN2/c14-12-4-2-1-3-10(12)11-5-7-16-9-13(11)17-8-6-15/h1-5,7,9,17H,6,8H2. The van der Waals surface area contributed by atoms with Gasteiger partial charge in [0.25, 0.3) is 0 Å². The third-order valence-electron chi connectivity index (χ3n) is 2.40. The van der Waals surface area contributed by atoms with Crippen molar-refractivity contribution in [3.8, 4) is 11.1 Å². The topological polar surface area (TPSA) is 24.9 Å². The summed E-state index contributed by atoms with van der Waals surface area (Å²) in [6.07, 6.45) is 3.37. The number of halogens is 2. The number of benzene rings is 1. The van der Waals surface area contributed by atoms with Crippen molar-refractivity contribution in [1.29, 1.82) is 0 Å². The molecule has 88 valence electrons. The maximum atomic E-state index is 12.2. The molecule has 17 heavy (non-hydrogen) atoms. The monoisotopic (exact) mass is 250 g/mol. The second kappa shape index (κ2) is 5.64. The first-order chi connectivity index (χ1) is 8.33. The van der Waals surface area contributed by atoms with Crippen molar-refractivity contribution in [3.05, 3.63) is 47.7 Å². The van der Waals surface area contributed by atoms with Gasteiger partial charge in [-0.25, -0.2) is 4.39 Å². The van der Waals surface area contributed by atoms with Crippen molar-refractivity contribution >= 4 is 17.3 Å². The van der Waals surface area contributed by atoms with Crippen LogP contribution in [0.5, 0.6) is 0 Å². The molecule has 1 heterocycles. The lowest BCUT2D eigenvalue weighted by Gasteiger charge is -2.11. The maximum Gasteiger partial charge on any atom is 0.107 e. The van der Waals surface area contributed by atoms with Gasteiger partial charge >= 0.3 is 0 Å². The number of anilines is 1. The Hall–Kier alpha value is -1.61. The van der Waals surface area contributed by atoms with E-state index < -0.39 is 6.67 Å². The molecule has 0 saturated carbocycles. The van der Waals surface area contributed by atoms with Gasteiger partial charge in [-0.3, -0.25) is 4.98 Å². The van der Waals surface area contributed by atoms with Crippen molar-refractivity contribution in [2.45, 2.75) is 0 Å². The molecule has 4 heteroatoms. The van der Waals surface area contributed by atoms with Gasteiger partial charge in [0.05, 0.1) is 11.9 Å². The highest BCUT2D eigenvalue weighted by molar-refractivity contribution is 6.33. The van der Waals surface area contributed by atoms with Gasteiger partial charge in [-0.05, 0) is 12.1 Å². The summed E-state index contributed by atoms with van der Waals surface area (Å²) in [4.78, 5) is 4.03. The van der Waals surface area contributed by atoms with E-state index in [9.17, 15) is 4.39 Å². The number of rotatable bonds is 4. The van der Waals surface area contributed by atoms with Crippen LogP contribution >= 0.6 is 11.6 Å². The van der Waals surface area contributed by atoms with Crippen LogP contribution in [-0.2, 0) is 0 Å². The molecule has 0 amide bonds. The Morgan fingerprint density at radius 1 is 1.18 bits per heavy atom. The van der Waals surface area contributed by atoms with Gasteiger partial charge in [0.15, 0.2) is 0 Å². The lowest BCUT2D eigenvalue weighted by Crippen LogP contribution is -2.04. The molecule has 0 fully saturated rings. The molecule has 0 aliphatic heterocycles. The zero-order valence-corrected chi connectivity index (χ0v) is 9.91. The Kier molecular flexibility index (Phi) is 3.94. The van der Waals surface area contributed by atoms with Gasteiger partial charge in [0.2, 0.25) is 0 Å². The van der Waals surface area contributed by atoms with E-state index >= 15 is 0 Å². The minimum atomic E-state index is -0.420. The number of alkyl halides is 1. The Bertz CT molecular complexity index is 502. The molecule has 2 nitrogen and oxygen atoms in total. The van der Waals surface area contributed by atoms with Crippen LogP contribution in [0.3, 0.4) is 0 Å². The lowest BCUT2D eigenvalue weighted by molar-refractivity contribution is 0.513. The SMILES string of the molecule is FCCNc1cnccc1-c1ccccc1Cl. The Morgan fingerprint density at radius 3 is 2.76 bits per heavy atom. The maximum absolute atomic E-state index is 12.2. The van der Waals surface area contributed by atoms with Crippen LogP contribution in [0, 0.1) is 0 Å². The highest BCUT2D eigenvalue weighted by Gasteiger charge is 2.07. The number of pyridine rings is 1. The summed E-state index contributed by atoms with van der Waals surface area (Å²) >= 11 is 6.14. The summed E-state index contributed by atoms with van der Waals surface area (Å²) in [6, 6.07) is 9.42. The van der Waals surface area contributed by atoms with E-state index in [0.29, 0.717) is 5.02 Å². The highest BCUT2D eigenvalue weighted by atomic mass is 35.5. The third-order valence-corrected chi connectivity index (χ3v) is 2.72. The van der Waals surface area contributed by atoms with Crippen molar-refractivity contribution in [2.24, 2.45) is 0 Å². The van der Waals surface area contributed by atoms with Crippen LogP contribution in [0.1, 0.15) is 0 Å². The molecule has 0 radical (unpaired) electrons. The second-order valence-electron chi connectivity index (χ2n) is 3.52. The molecule has 0 aliphatic carbocycles. The quantitative estimate of drug-likeness (QED) is 0.893. The molecule has 0 unspecified atom stereocenters. The van der Waals surface area contributed by atoms with Crippen molar-refractivity contribution < 1.29 is 4.39 Å². The average Bonchev–Trinajstić information content (AvgIpc) is 2.37. The molecular weight excluding hydrogens is 239 g/mol. The largest absolute Gasteiger partial charge is 0.381 e. The van der Waals surface area contributed by atoms with E-state index in [4.69, 9.17) is 11.6 Å². The first-order valence-electron chi connectivity index (χ1n) is 5.31. The van der Waals surface area contributed by atoms with E-state index in [-0.39, 0.29) is 6.54 Å². The normalized spacial score (nSPS) is 10.2. The van der Waals surface area contributed by atoms with Crippen LogP contribution in [-0.4, -0.2) is 18.2 Å². The predicted octanol–water partition coefficient (Wildman–Crippen LogP) is 3.78. The summed E-state index contributed by atoms with van der Waals surface area (Å²) in [5.41, 5.74) is 2.63. The van der Waals surface area contributed by atoms with Crippen molar-refractivity contribution in [2.75, 3.05) is 18.5 Å². The summed E-state index contributed by atoms with van der Waals surface area (Å²) in [7, 11) is 0. The summed E-state index contributed by atoms with van der Waals surface area (Å²) in [6.45, 7) is -0.153. The molecule has 0 spiro atoms. The molecule has 0 saturated heterocycles. The van der Waals surface area contributed by atoms with E-state index in [0.717, 1.165) is 16.8 Å². The van der Waals surface area contributed by atoms with Crippen LogP contribution < -0.4 is 5.32 Å². The molecule has 2 aromatic rings. The van der Waals surface area contributed by atoms with Gasteiger partial charge in [-0.1, -0.05) is 29.8 Å². The van der Waals surface area contributed by atoms with Crippen molar-refractivity contribution in [1.82, 2.24) is 4.98 Å². The Morgan fingerprint density at radius 2 is 2.00 bits per heavy atom. The second-order valence-corrected chi connectivity index (χ2v) is 3.92.